The quantitative estimate of drug-likeness (QED) is 0.729. The van der Waals surface area contributed by atoms with Crippen molar-refractivity contribution in [2.45, 2.75) is 23.5 Å². The molecule has 2 N–H and O–H groups in total. The zero-order valence-corrected chi connectivity index (χ0v) is 15.6. The molecule has 1 heterocycles. The van der Waals surface area contributed by atoms with Crippen LogP contribution in [0, 0.1) is 0 Å². The highest BCUT2D eigenvalue weighted by molar-refractivity contribution is 7.89. The van der Waals surface area contributed by atoms with Crippen LogP contribution < -0.4 is 14.2 Å². The molecule has 7 nitrogen and oxygen atoms in total. The molecule has 3 rings (SSSR count). The Morgan fingerprint density at radius 1 is 1.21 bits per heavy atom. The average Bonchev–Trinajstić information content (AvgIpc) is 2.65. The van der Waals surface area contributed by atoms with Gasteiger partial charge in [-0.3, -0.25) is 0 Å². The highest BCUT2D eigenvalue weighted by atomic mass is 32.2. The van der Waals surface area contributed by atoms with Crippen LogP contribution in [-0.4, -0.2) is 32.7 Å². The summed E-state index contributed by atoms with van der Waals surface area (Å²) in [7, 11) is -4.08. The highest BCUT2D eigenvalue weighted by Crippen LogP contribution is 2.36. The van der Waals surface area contributed by atoms with Gasteiger partial charge in [0.15, 0.2) is 6.61 Å². The van der Waals surface area contributed by atoms with Gasteiger partial charge in [-0.15, -0.1) is 0 Å². The Morgan fingerprint density at radius 3 is 2.52 bits per heavy atom. The number of carbonyl (C=O) groups is 1. The molecular formula is C18H16F3NO6S. The molecule has 0 saturated carbocycles. The van der Waals surface area contributed by atoms with Gasteiger partial charge in [0.2, 0.25) is 10.0 Å². The van der Waals surface area contributed by atoms with Gasteiger partial charge in [0.25, 0.3) is 0 Å². The predicted octanol–water partition coefficient (Wildman–Crippen LogP) is 2.97. The number of alkyl halides is 3. The van der Waals surface area contributed by atoms with Crippen molar-refractivity contribution in [2.75, 3.05) is 13.2 Å². The highest BCUT2D eigenvalue weighted by Gasteiger charge is 2.31. The zero-order chi connectivity index (χ0) is 21.2. The van der Waals surface area contributed by atoms with Gasteiger partial charge in [0, 0.05) is 18.1 Å². The number of fused-ring (bicyclic) bond motifs is 1. The topological polar surface area (TPSA) is 102 Å². The summed E-state index contributed by atoms with van der Waals surface area (Å²) in [5.74, 6) is -0.567. The van der Waals surface area contributed by atoms with Crippen molar-refractivity contribution in [1.82, 2.24) is 4.72 Å². The van der Waals surface area contributed by atoms with E-state index in [2.05, 4.69) is 4.72 Å². The van der Waals surface area contributed by atoms with Crippen molar-refractivity contribution in [2.24, 2.45) is 0 Å². The number of ether oxygens (including phenoxy) is 2. The molecule has 0 aliphatic carbocycles. The minimum atomic E-state index is -4.56. The Hall–Kier alpha value is -2.79. The maximum absolute atomic E-state index is 12.7. The summed E-state index contributed by atoms with van der Waals surface area (Å²) in [6.45, 7) is -0.349. The maximum Gasteiger partial charge on any atom is 0.416 e. The number of carboxylic acid groups (broad SMARTS) is 1. The van der Waals surface area contributed by atoms with E-state index in [-0.39, 0.29) is 17.3 Å². The molecule has 1 atom stereocenters. The molecular weight excluding hydrogens is 415 g/mol. The first-order chi connectivity index (χ1) is 13.6. The number of halogens is 3. The fourth-order valence-corrected chi connectivity index (χ4v) is 4.06. The smallest absolute Gasteiger partial charge is 0.416 e. The Kier molecular flexibility index (Phi) is 5.71. The van der Waals surface area contributed by atoms with Crippen LogP contribution in [0.2, 0.25) is 0 Å². The third-order valence-electron chi connectivity index (χ3n) is 4.18. The summed E-state index contributed by atoms with van der Waals surface area (Å²) in [5.41, 5.74) is -0.434. The fourth-order valence-electron chi connectivity index (χ4n) is 2.81. The minimum absolute atomic E-state index is 0.190. The number of sulfonamides is 1. The van der Waals surface area contributed by atoms with Gasteiger partial charge in [0.1, 0.15) is 11.5 Å². The minimum Gasteiger partial charge on any atom is -0.493 e. The molecule has 156 valence electrons. The van der Waals surface area contributed by atoms with Crippen LogP contribution in [0.25, 0.3) is 0 Å². The summed E-state index contributed by atoms with van der Waals surface area (Å²) < 4.78 is 76.2. The summed E-state index contributed by atoms with van der Waals surface area (Å²) in [6, 6.07) is 7.03. The first-order valence-corrected chi connectivity index (χ1v) is 9.85. The molecule has 1 unspecified atom stereocenters. The van der Waals surface area contributed by atoms with E-state index < -0.39 is 40.4 Å². The summed E-state index contributed by atoms with van der Waals surface area (Å²) in [4.78, 5) is 10.3. The van der Waals surface area contributed by atoms with Crippen molar-refractivity contribution in [3.8, 4) is 11.5 Å². The molecule has 0 spiro atoms. The van der Waals surface area contributed by atoms with Crippen LogP contribution in [0.5, 0.6) is 11.5 Å². The SMILES string of the molecule is O=C(O)COc1ccc2c(c1)OCCC2NS(=O)(=O)c1ccc(C(F)(F)F)cc1. The number of nitrogens with one attached hydrogen (secondary N) is 1. The fraction of sp³-hybridized carbons (Fsp3) is 0.278. The van der Waals surface area contributed by atoms with Crippen molar-refractivity contribution < 1.29 is 41.0 Å². The second kappa shape index (κ2) is 7.91. The van der Waals surface area contributed by atoms with Crippen LogP contribution in [0.4, 0.5) is 13.2 Å². The summed E-state index contributed by atoms with van der Waals surface area (Å²) in [6.07, 6.45) is -4.25. The Balaban J connectivity index is 1.79. The van der Waals surface area contributed by atoms with E-state index in [0.717, 1.165) is 12.1 Å². The second-order valence-corrected chi connectivity index (χ2v) is 7.93. The molecule has 11 heteroatoms. The third-order valence-corrected chi connectivity index (χ3v) is 5.66. The van der Waals surface area contributed by atoms with Crippen molar-refractivity contribution >= 4 is 16.0 Å². The molecule has 0 bridgehead atoms. The second-order valence-electron chi connectivity index (χ2n) is 6.22. The van der Waals surface area contributed by atoms with Gasteiger partial charge < -0.3 is 14.6 Å². The monoisotopic (exact) mass is 431 g/mol. The van der Waals surface area contributed by atoms with Gasteiger partial charge in [-0.1, -0.05) is 6.07 Å². The predicted molar refractivity (Wildman–Crippen MR) is 94.2 cm³/mol. The van der Waals surface area contributed by atoms with Crippen molar-refractivity contribution in [3.05, 3.63) is 53.6 Å². The number of benzene rings is 2. The van der Waals surface area contributed by atoms with Crippen LogP contribution in [0.15, 0.2) is 47.4 Å². The van der Waals surface area contributed by atoms with E-state index in [4.69, 9.17) is 14.6 Å². The maximum atomic E-state index is 12.7. The van der Waals surface area contributed by atoms with E-state index in [1.165, 1.54) is 12.1 Å². The summed E-state index contributed by atoms with van der Waals surface area (Å²) >= 11 is 0. The number of carboxylic acids is 1. The number of hydrogen-bond donors (Lipinski definition) is 2. The van der Waals surface area contributed by atoms with Crippen LogP contribution in [0.3, 0.4) is 0 Å². The molecule has 1 aliphatic heterocycles. The van der Waals surface area contributed by atoms with Gasteiger partial charge in [-0.05, 0) is 30.3 Å². The molecule has 0 radical (unpaired) electrons. The van der Waals surface area contributed by atoms with Gasteiger partial charge >= 0.3 is 12.1 Å². The van der Waals surface area contributed by atoms with Crippen molar-refractivity contribution in [3.63, 3.8) is 0 Å². The van der Waals surface area contributed by atoms with Gasteiger partial charge in [-0.25, -0.2) is 17.9 Å². The number of hydrogen-bond acceptors (Lipinski definition) is 5. The molecule has 29 heavy (non-hydrogen) atoms. The lowest BCUT2D eigenvalue weighted by Crippen LogP contribution is -2.32. The molecule has 1 aliphatic rings. The molecule has 2 aromatic carbocycles. The van der Waals surface area contributed by atoms with Crippen LogP contribution in [-0.2, 0) is 21.0 Å². The zero-order valence-electron chi connectivity index (χ0n) is 14.8. The van der Waals surface area contributed by atoms with Gasteiger partial charge in [0.05, 0.1) is 23.1 Å². The lowest BCUT2D eigenvalue weighted by atomic mass is 10.0. The lowest BCUT2D eigenvalue weighted by molar-refractivity contribution is -0.139. The van der Waals surface area contributed by atoms with Gasteiger partial charge in [-0.2, -0.15) is 13.2 Å². The van der Waals surface area contributed by atoms with E-state index in [9.17, 15) is 26.4 Å². The standard InChI is InChI=1S/C18H16F3NO6S/c19-18(20,21)11-1-4-13(5-2-11)29(25,26)22-15-7-8-27-16-9-12(3-6-14(15)16)28-10-17(23)24/h1-6,9,15,22H,7-8,10H2,(H,23,24). The largest absolute Gasteiger partial charge is 0.493 e. The molecule has 2 aromatic rings. The number of rotatable bonds is 6. The summed E-state index contributed by atoms with van der Waals surface area (Å²) in [5, 5.41) is 8.66. The van der Waals surface area contributed by atoms with Crippen LogP contribution in [0.1, 0.15) is 23.6 Å². The Labute approximate surface area is 164 Å². The Bertz CT molecular complexity index is 1010. The van der Waals surface area contributed by atoms with E-state index in [0.29, 0.717) is 29.9 Å². The van der Waals surface area contributed by atoms with E-state index in [1.807, 2.05) is 0 Å². The third kappa shape index (κ3) is 4.98. The van der Waals surface area contributed by atoms with Crippen LogP contribution >= 0.6 is 0 Å². The average molecular weight is 431 g/mol. The molecule has 0 fully saturated rings. The Morgan fingerprint density at radius 2 is 1.90 bits per heavy atom. The van der Waals surface area contributed by atoms with Crippen molar-refractivity contribution in [1.29, 1.82) is 0 Å². The lowest BCUT2D eigenvalue weighted by Gasteiger charge is -2.27. The molecule has 0 amide bonds. The number of aliphatic carboxylic acids is 1. The molecule has 0 saturated heterocycles. The first kappa shape index (κ1) is 20.9. The van der Waals surface area contributed by atoms with E-state index in [1.54, 1.807) is 6.07 Å². The first-order valence-electron chi connectivity index (χ1n) is 8.37. The normalized spacial score (nSPS) is 16.6. The molecule has 0 aromatic heterocycles. The van der Waals surface area contributed by atoms with E-state index >= 15 is 0 Å².